The van der Waals surface area contributed by atoms with Gasteiger partial charge in [-0.05, 0) is 6.92 Å². The van der Waals surface area contributed by atoms with E-state index in [2.05, 4.69) is 15.0 Å². The Bertz CT molecular complexity index is 334. The van der Waals surface area contributed by atoms with E-state index >= 15 is 0 Å². The highest BCUT2D eigenvalue weighted by molar-refractivity contribution is 7.14. The van der Waals surface area contributed by atoms with Crippen LogP contribution < -0.4 is 5.32 Å². The smallest absolute Gasteiger partial charge is 0.396 e. The number of carbonyl (C=O) groups excluding carboxylic acids is 2. The Morgan fingerprint density at radius 2 is 2.31 bits per heavy atom. The van der Waals surface area contributed by atoms with Gasteiger partial charge in [0, 0.05) is 5.38 Å². The van der Waals surface area contributed by atoms with Crippen LogP contribution >= 0.6 is 11.3 Å². The second-order valence-electron chi connectivity index (χ2n) is 2.24. The zero-order valence-electron chi connectivity index (χ0n) is 7.16. The molecule has 0 spiro atoms. The molecule has 1 rings (SSSR count). The van der Waals surface area contributed by atoms with Gasteiger partial charge in [-0.2, -0.15) is 0 Å². The van der Waals surface area contributed by atoms with E-state index in [-0.39, 0.29) is 0 Å². The number of ether oxygens (including phenoxy) is 1. The highest BCUT2D eigenvalue weighted by atomic mass is 32.1. The summed E-state index contributed by atoms with van der Waals surface area (Å²) in [4.78, 5) is 25.5. The Balaban J connectivity index is 2.60. The second-order valence-corrected chi connectivity index (χ2v) is 3.10. The van der Waals surface area contributed by atoms with E-state index in [0.29, 0.717) is 5.13 Å². The average molecular weight is 200 g/mol. The number of hydrogen-bond acceptors (Lipinski definition) is 5. The molecule has 0 aromatic carbocycles. The van der Waals surface area contributed by atoms with Crippen molar-refractivity contribution in [1.82, 2.24) is 4.98 Å². The first-order valence-corrected chi connectivity index (χ1v) is 4.33. The van der Waals surface area contributed by atoms with E-state index in [1.54, 1.807) is 12.3 Å². The maximum atomic E-state index is 10.9. The fraction of sp³-hybridized carbons (Fsp3) is 0.286. The van der Waals surface area contributed by atoms with Crippen molar-refractivity contribution in [3.8, 4) is 0 Å². The van der Waals surface area contributed by atoms with Gasteiger partial charge in [0.2, 0.25) is 0 Å². The van der Waals surface area contributed by atoms with Crippen LogP contribution in [0.25, 0.3) is 0 Å². The van der Waals surface area contributed by atoms with Gasteiger partial charge in [-0.15, -0.1) is 11.3 Å². The highest BCUT2D eigenvalue weighted by Gasteiger charge is 2.14. The Labute approximate surface area is 78.7 Å². The molecule has 1 amide bonds. The number of anilines is 1. The topological polar surface area (TPSA) is 68.3 Å². The van der Waals surface area contributed by atoms with Crippen LogP contribution in [0.1, 0.15) is 5.69 Å². The molecule has 1 aromatic heterocycles. The summed E-state index contributed by atoms with van der Waals surface area (Å²) in [5.41, 5.74) is 0.796. The molecule has 0 unspecified atom stereocenters. The summed E-state index contributed by atoms with van der Waals surface area (Å²) < 4.78 is 4.22. The molecular formula is C7H8N2O3S. The average Bonchev–Trinajstić information content (AvgIpc) is 2.49. The van der Waals surface area contributed by atoms with Gasteiger partial charge in [0.25, 0.3) is 0 Å². The maximum Gasteiger partial charge on any atom is 0.396 e. The minimum atomic E-state index is -0.923. The van der Waals surface area contributed by atoms with Gasteiger partial charge in [0.1, 0.15) is 0 Å². The molecule has 0 aliphatic carbocycles. The summed E-state index contributed by atoms with van der Waals surface area (Å²) in [7, 11) is 1.15. The Morgan fingerprint density at radius 1 is 1.62 bits per heavy atom. The lowest BCUT2D eigenvalue weighted by atomic mass is 10.6. The molecule has 6 heteroatoms. The second kappa shape index (κ2) is 3.99. The zero-order valence-corrected chi connectivity index (χ0v) is 7.97. The molecule has 0 saturated heterocycles. The number of amides is 1. The van der Waals surface area contributed by atoms with Crippen LogP contribution in [0.5, 0.6) is 0 Å². The lowest BCUT2D eigenvalue weighted by Crippen LogP contribution is -2.23. The van der Waals surface area contributed by atoms with Crippen molar-refractivity contribution in [2.24, 2.45) is 0 Å². The van der Waals surface area contributed by atoms with Crippen LogP contribution in [0.2, 0.25) is 0 Å². The first-order valence-electron chi connectivity index (χ1n) is 3.45. The summed E-state index contributed by atoms with van der Waals surface area (Å²) in [5, 5.41) is 4.47. The van der Waals surface area contributed by atoms with Gasteiger partial charge in [-0.1, -0.05) is 0 Å². The van der Waals surface area contributed by atoms with Gasteiger partial charge in [-0.25, -0.2) is 9.78 Å². The molecule has 70 valence electrons. The third kappa shape index (κ3) is 2.51. The summed E-state index contributed by atoms with van der Waals surface area (Å²) in [6.07, 6.45) is 0. The molecule has 0 saturated carbocycles. The highest BCUT2D eigenvalue weighted by Crippen LogP contribution is 2.13. The summed E-state index contributed by atoms with van der Waals surface area (Å²) in [5.74, 6) is -1.73. The van der Waals surface area contributed by atoms with Gasteiger partial charge in [0.15, 0.2) is 5.13 Å². The van der Waals surface area contributed by atoms with Crippen LogP contribution in [0.15, 0.2) is 5.38 Å². The molecule has 0 aliphatic rings. The van der Waals surface area contributed by atoms with Crippen molar-refractivity contribution in [2.75, 3.05) is 12.4 Å². The minimum absolute atomic E-state index is 0.396. The number of carbonyl (C=O) groups is 2. The number of methoxy groups -OCH3 is 1. The predicted molar refractivity (Wildman–Crippen MR) is 47.5 cm³/mol. The van der Waals surface area contributed by atoms with E-state index in [4.69, 9.17) is 0 Å². The van der Waals surface area contributed by atoms with Gasteiger partial charge in [-0.3, -0.25) is 10.1 Å². The van der Waals surface area contributed by atoms with Crippen molar-refractivity contribution < 1.29 is 14.3 Å². The van der Waals surface area contributed by atoms with Crippen molar-refractivity contribution in [2.45, 2.75) is 6.92 Å². The molecule has 0 bridgehead atoms. The van der Waals surface area contributed by atoms with Gasteiger partial charge >= 0.3 is 11.9 Å². The van der Waals surface area contributed by atoms with Crippen molar-refractivity contribution in [3.63, 3.8) is 0 Å². The predicted octanol–water partition coefficient (Wildman–Crippen LogP) is 0.563. The fourth-order valence-corrected chi connectivity index (χ4v) is 1.34. The molecule has 0 atom stereocenters. The molecule has 0 fully saturated rings. The lowest BCUT2D eigenvalue weighted by Gasteiger charge is -1.97. The van der Waals surface area contributed by atoms with Crippen LogP contribution in [0.3, 0.4) is 0 Å². The monoisotopic (exact) mass is 200 g/mol. The van der Waals surface area contributed by atoms with Crippen LogP contribution in [0, 0.1) is 6.92 Å². The number of esters is 1. The van der Waals surface area contributed by atoms with Crippen molar-refractivity contribution >= 4 is 28.3 Å². The molecule has 0 radical (unpaired) electrons. The SMILES string of the molecule is COC(=O)C(=O)Nc1nc(C)cs1. The minimum Gasteiger partial charge on any atom is -0.462 e. The van der Waals surface area contributed by atoms with Crippen molar-refractivity contribution in [1.29, 1.82) is 0 Å². The standard InChI is InChI=1S/C7H8N2O3S/c1-4-3-13-7(8-4)9-5(10)6(11)12-2/h3H,1-2H3,(H,8,9,10). The Kier molecular flexibility index (Phi) is 2.97. The molecule has 1 heterocycles. The number of nitrogens with zero attached hydrogens (tertiary/aromatic N) is 1. The number of rotatable bonds is 1. The summed E-state index contributed by atoms with van der Waals surface area (Å²) in [6.45, 7) is 1.80. The first kappa shape index (κ1) is 9.66. The zero-order chi connectivity index (χ0) is 9.84. The van der Waals surface area contributed by atoms with Crippen LogP contribution in [-0.2, 0) is 14.3 Å². The Morgan fingerprint density at radius 3 is 2.77 bits per heavy atom. The maximum absolute atomic E-state index is 10.9. The Hall–Kier alpha value is -1.43. The molecule has 1 aromatic rings. The van der Waals surface area contributed by atoms with E-state index in [1.807, 2.05) is 0 Å². The molecule has 13 heavy (non-hydrogen) atoms. The number of thiazole rings is 1. The number of hydrogen-bond donors (Lipinski definition) is 1. The molecule has 1 N–H and O–H groups in total. The number of aromatic nitrogens is 1. The normalized spacial score (nSPS) is 9.38. The third-order valence-electron chi connectivity index (χ3n) is 1.21. The van der Waals surface area contributed by atoms with E-state index in [0.717, 1.165) is 12.8 Å². The summed E-state index contributed by atoms with van der Waals surface area (Å²) >= 11 is 1.25. The third-order valence-corrected chi connectivity index (χ3v) is 2.09. The van der Waals surface area contributed by atoms with Crippen LogP contribution in [0.4, 0.5) is 5.13 Å². The van der Waals surface area contributed by atoms with E-state index < -0.39 is 11.9 Å². The van der Waals surface area contributed by atoms with Gasteiger partial charge in [0.05, 0.1) is 12.8 Å². The van der Waals surface area contributed by atoms with E-state index in [1.165, 1.54) is 11.3 Å². The largest absolute Gasteiger partial charge is 0.462 e. The van der Waals surface area contributed by atoms with Crippen molar-refractivity contribution in [3.05, 3.63) is 11.1 Å². The first-order chi connectivity index (χ1) is 6.13. The fourth-order valence-electron chi connectivity index (χ4n) is 0.652. The van der Waals surface area contributed by atoms with Gasteiger partial charge < -0.3 is 4.74 Å². The number of nitrogens with one attached hydrogen (secondary N) is 1. The van der Waals surface area contributed by atoms with E-state index in [9.17, 15) is 9.59 Å². The molecular weight excluding hydrogens is 192 g/mol. The number of aryl methyl sites for hydroxylation is 1. The van der Waals surface area contributed by atoms with Crippen LogP contribution in [-0.4, -0.2) is 24.0 Å². The summed E-state index contributed by atoms with van der Waals surface area (Å²) in [6, 6.07) is 0. The quantitative estimate of drug-likeness (QED) is 0.531. The lowest BCUT2D eigenvalue weighted by molar-refractivity contribution is -0.150. The molecule has 5 nitrogen and oxygen atoms in total. The molecule has 0 aliphatic heterocycles.